The van der Waals surface area contributed by atoms with Gasteiger partial charge >= 0.3 is 0 Å². The second kappa shape index (κ2) is 7.77. The molecule has 0 N–H and O–H groups in total. The topological polar surface area (TPSA) is 48.1 Å². The number of aromatic nitrogens is 4. The molecule has 25 heavy (non-hydrogen) atoms. The summed E-state index contributed by atoms with van der Waals surface area (Å²) in [7, 11) is 3.66. The van der Waals surface area contributed by atoms with Crippen molar-refractivity contribution >= 4 is 23.8 Å². The van der Waals surface area contributed by atoms with Crippen LogP contribution in [-0.2, 0) is 13.2 Å². The Morgan fingerprint density at radius 1 is 1.16 bits per heavy atom. The molecule has 6 nitrogen and oxygen atoms in total. The van der Waals surface area contributed by atoms with Gasteiger partial charge in [0, 0.05) is 11.6 Å². The molecule has 130 valence electrons. The number of benzene rings is 2. The second-order valence-corrected chi connectivity index (χ2v) is 6.46. The summed E-state index contributed by atoms with van der Waals surface area (Å²) in [6.45, 7) is 1.29. The van der Waals surface area contributed by atoms with Crippen LogP contribution in [-0.4, -0.2) is 38.8 Å². The van der Waals surface area contributed by atoms with Crippen molar-refractivity contribution in [3.05, 3.63) is 63.9 Å². The SMILES string of the molecule is COc1ccc(CN(C)Cn2nnn(-c3cccc(Cl)c3)c2=S)cc1. The molecule has 0 fully saturated rings. The van der Waals surface area contributed by atoms with Crippen molar-refractivity contribution in [3.63, 3.8) is 0 Å². The molecule has 0 spiro atoms. The Labute approximate surface area is 156 Å². The molecule has 3 rings (SSSR count). The fourth-order valence-electron chi connectivity index (χ4n) is 2.45. The molecule has 0 saturated heterocycles. The summed E-state index contributed by atoms with van der Waals surface area (Å²) in [5, 5.41) is 8.92. The summed E-state index contributed by atoms with van der Waals surface area (Å²) >= 11 is 11.5. The van der Waals surface area contributed by atoms with E-state index < -0.39 is 0 Å². The molecule has 1 heterocycles. The molecule has 0 bridgehead atoms. The van der Waals surface area contributed by atoms with Gasteiger partial charge in [0.2, 0.25) is 4.77 Å². The van der Waals surface area contributed by atoms with Crippen LogP contribution in [0.4, 0.5) is 0 Å². The minimum Gasteiger partial charge on any atom is -0.497 e. The lowest BCUT2D eigenvalue weighted by atomic mass is 10.2. The Balaban J connectivity index is 1.71. The molecular formula is C17H18ClN5OS. The first kappa shape index (κ1) is 17.6. The summed E-state index contributed by atoms with van der Waals surface area (Å²) < 4.78 is 8.97. The van der Waals surface area contributed by atoms with Crippen LogP contribution in [0, 0.1) is 4.77 Å². The van der Waals surface area contributed by atoms with Crippen molar-refractivity contribution < 1.29 is 4.74 Å². The van der Waals surface area contributed by atoms with Crippen LogP contribution in [0.25, 0.3) is 5.69 Å². The normalized spacial score (nSPS) is 11.0. The van der Waals surface area contributed by atoms with Crippen LogP contribution < -0.4 is 4.74 Å². The number of hydrogen-bond acceptors (Lipinski definition) is 5. The smallest absolute Gasteiger partial charge is 0.221 e. The van der Waals surface area contributed by atoms with E-state index in [1.807, 2.05) is 49.5 Å². The minimum absolute atomic E-state index is 0.517. The van der Waals surface area contributed by atoms with Crippen molar-refractivity contribution in [2.45, 2.75) is 13.2 Å². The summed E-state index contributed by atoms with van der Waals surface area (Å²) in [5.74, 6) is 0.845. The van der Waals surface area contributed by atoms with E-state index in [0.717, 1.165) is 18.0 Å². The Kier molecular flexibility index (Phi) is 5.47. The molecule has 1 aromatic heterocycles. The van der Waals surface area contributed by atoms with E-state index in [4.69, 9.17) is 28.6 Å². The largest absolute Gasteiger partial charge is 0.497 e. The summed E-state index contributed by atoms with van der Waals surface area (Å²) in [6, 6.07) is 15.3. The first-order chi connectivity index (χ1) is 12.1. The van der Waals surface area contributed by atoms with E-state index in [1.54, 1.807) is 22.5 Å². The molecule has 8 heteroatoms. The highest BCUT2D eigenvalue weighted by Crippen LogP contribution is 2.15. The quantitative estimate of drug-likeness (QED) is 0.616. The number of hydrogen-bond donors (Lipinski definition) is 0. The zero-order valence-electron chi connectivity index (χ0n) is 14.0. The van der Waals surface area contributed by atoms with Gasteiger partial charge in [0.05, 0.1) is 19.5 Å². The molecule has 0 unspecified atom stereocenters. The standard InChI is InChI=1S/C17H18ClN5OS/c1-21(11-13-6-8-16(24-2)9-7-13)12-22-17(25)23(20-19-22)15-5-3-4-14(18)10-15/h3-10H,11-12H2,1-2H3. The molecule has 0 aliphatic heterocycles. The van der Waals surface area contributed by atoms with E-state index in [-0.39, 0.29) is 0 Å². The molecule has 3 aromatic rings. The Bertz CT molecular complexity index is 906. The molecule has 0 aliphatic carbocycles. The van der Waals surface area contributed by atoms with Crippen LogP contribution in [0.1, 0.15) is 5.56 Å². The van der Waals surface area contributed by atoms with E-state index in [9.17, 15) is 0 Å². The predicted octanol–water partition coefficient (Wildman–Crippen LogP) is 3.55. The lowest BCUT2D eigenvalue weighted by Crippen LogP contribution is -2.22. The van der Waals surface area contributed by atoms with Crippen LogP contribution >= 0.6 is 23.8 Å². The molecule has 0 atom stereocenters. The fraction of sp³-hybridized carbons (Fsp3) is 0.235. The lowest BCUT2D eigenvalue weighted by Gasteiger charge is -2.16. The van der Waals surface area contributed by atoms with Gasteiger partial charge < -0.3 is 4.74 Å². The zero-order chi connectivity index (χ0) is 17.8. The Morgan fingerprint density at radius 2 is 1.92 bits per heavy atom. The third-order valence-electron chi connectivity index (χ3n) is 3.68. The number of nitrogens with zero attached hydrogens (tertiary/aromatic N) is 5. The third-order valence-corrected chi connectivity index (χ3v) is 4.30. The predicted molar refractivity (Wildman–Crippen MR) is 99.7 cm³/mol. The van der Waals surface area contributed by atoms with E-state index >= 15 is 0 Å². The van der Waals surface area contributed by atoms with E-state index in [0.29, 0.717) is 16.5 Å². The van der Waals surface area contributed by atoms with E-state index in [2.05, 4.69) is 15.3 Å². The van der Waals surface area contributed by atoms with Gasteiger partial charge in [-0.2, -0.15) is 4.68 Å². The lowest BCUT2D eigenvalue weighted by molar-refractivity contribution is 0.242. The van der Waals surface area contributed by atoms with Crippen LogP contribution in [0.3, 0.4) is 0 Å². The highest BCUT2D eigenvalue weighted by atomic mass is 35.5. The van der Waals surface area contributed by atoms with Gasteiger partial charge in [0.15, 0.2) is 0 Å². The van der Waals surface area contributed by atoms with Crippen molar-refractivity contribution in [2.24, 2.45) is 0 Å². The maximum Gasteiger partial charge on any atom is 0.221 e. The van der Waals surface area contributed by atoms with Crippen molar-refractivity contribution in [1.82, 2.24) is 24.7 Å². The van der Waals surface area contributed by atoms with Gasteiger partial charge in [-0.15, -0.1) is 0 Å². The third kappa shape index (κ3) is 4.25. The first-order valence-corrected chi connectivity index (χ1v) is 8.45. The highest BCUT2D eigenvalue weighted by molar-refractivity contribution is 7.71. The maximum absolute atomic E-state index is 6.03. The van der Waals surface area contributed by atoms with Gasteiger partial charge in [-0.3, -0.25) is 4.90 Å². The van der Waals surface area contributed by atoms with Crippen LogP contribution in [0.5, 0.6) is 5.75 Å². The Morgan fingerprint density at radius 3 is 2.60 bits per heavy atom. The number of halogens is 1. The van der Waals surface area contributed by atoms with Gasteiger partial charge in [0.25, 0.3) is 0 Å². The van der Waals surface area contributed by atoms with Crippen molar-refractivity contribution in [2.75, 3.05) is 14.2 Å². The fourth-order valence-corrected chi connectivity index (χ4v) is 2.87. The van der Waals surface area contributed by atoms with Gasteiger partial charge in [0.1, 0.15) is 5.75 Å². The molecule has 0 saturated carbocycles. The van der Waals surface area contributed by atoms with Gasteiger partial charge in [-0.25, -0.2) is 4.68 Å². The molecule has 0 amide bonds. The second-order valence-electron chi connectivity index (χ2n) is 5.66. The number of methoxy groups -OCH3 is 1. The average Bonchev–Trinajstić information content (AvgIpc) is 2.96. The summed E-state index contributed by atoms with van der Waals surface area (Å²) in [5.41, 5.74) is 1.97. The number of tetrazole rings is 1. The highest BCUT2D eigenvalue weighted by Gasteiger charge is 2.09. The average molecular weight is 376 g/mol. The maximum atomic E-state index is 6.03. The monoisotopic (exact) mass is 375 g/mol. The van der Waals surface area contributed by atoms with Gasteiger partial charge in [-0.1, -0.05) is 29.8 Å². The van der Waals surface area contributed by atoms with Crippen molar-refractivity contribution in [1.29, 1.82) is 0 Å². The number of ether oxygens (including phenoxy) is 1. The van der Waals surface area contributed by atoms with Crippen LogP contribution in [0.15, 0.2) is 48.5 Å². The summed E-state index contributed by atoms with van der Waals surface area (Å²) in [4.78, 5) is 2.11. The molecular weight excluding hydrogens is 358 g/mol. The Hall–Kier alpha value is -2.22. The zero-order valence-corrected chi connectivity index (χ0v) is 15.5. The van der Waals surface area contributed by atoms with Crippen LogP contribution in [0.2, 0.25) is 5.02 Å². The van der Waals surface area contributed by atoms with Gasteiger partial charge in [-0.05, 0) is 65.6 Å². The minimum atomic E-state index is 0.517. The summed E-state index contributed by atoms with van der Waals surface area (Å²) in [6.07, 6.45) is 0. The first-order valence-electron chi connectivity index (χ1n) is 7.67. The van der Waals surface area contributed by atoms with E-state index in [1.165, 1.54) is 5.56 Å². The molecule has 0 aliphatic rings. The molecule has 0 radical (unpaired) electrons. The van der Waals surface area contributed by atoms with Crippen molar-refractivity contribution in [3.8, 4) is 11.4 Å². The molecule has 2 aromatic carbocycles. The number of rotatable bonds is 6.